The Hall–Kier alpha value is -2.33. The number of fused-ring (bicyclic) bond motifs is 1. The molecule has 27 heavy (non-hydrogen) atoms. The maximum Gasteiger partial charge on any atom is 0.343 e. The van der Waals surface area contributed by atoms with Crippen molar-refractivity contribution in [2.45, 2.75) is 37.7 Å². The number of aliphatic hydroxyl groups is 1. The topological polar surface area (TPSA) is 49.8 Å². The van der Waals surface area contributed by atoms with Gasteiger partial charge in [-0.15, -0.1) is 0 Å². The molecule has 2 aliphatic rings. The summed E-state index contributed by atoms with van der Waals surface area (Å²) in [6.45, 7) is 1.88. The van der Waals surface area contributed by atoms with Gasteiger partial charge in [0.2, 0.25) is 0 Å². The molecule has 0 bridgehead atoms. The molecule has 4 nitrogen and oxygen atoms in total. The van der Waals surface area contributed by atoms with E-state index in [9.17, 15) is 9.90 Å². The van der Waals surface area contributed by atoms with Crippen molar-refractivity contribution >= 4 is 11.7 Å². The number of rotatable bonds is 6. The van der Waals surface area contributed by atoms with Crippen molar-refractivity contribution in [1.29, 1.82) is 0 Å². The highest BCUT2D eigenvalue weighted by Gasteiger charge is 2.47. The number of benzene rings is 2. The second-order valence-electron chi connectivity index (χ2n) is 7.62. The van der Waals surface area contributed by atoms with Crippen LogP contribution in [0.15, 0.2) is 54.6 Å². The van der Waals surface area contributed by atoms with Crippen LogP contribution in [-0.2, 0) is 21.6 Å². The summed E-state index contributed by atoms with van der Waals surface area (Å²) in [4.78, 5) is 15.2. The largest absolute Gasteiger partial charge is 0.461 e. The SMILES string of the molecule is O=C(OCCN1CCc2ccccc21)C(O)(c1ccccc1)C1CCCC1. The lowest BCUT2D eigenvalue weighted by Crippen LogP contribution is -2.44. The number of hydrogen-bond acceptors (Lipinski definition) is 4. The monoisotopic (exact) mass is 365 g/mol. The molecule has 142 valence electrons. The molecule has 2 aromatic rings. The van der Waals surface area contributed by atoms with E-state index in [4.69, 9.17) is 4.74 Å². The van der Waals surface area contributed by atoms with Crippen LogP contribution in [-0.4, -0.2) is 30.8 Å². The summed E-state index contributed by atoms with van der Waals surface area (Å²) in [5, 5.41) is 11.4. The van der Waals surface area contributed by atoms with Crippen LogP contribution in [0.5, 0.6) is 0 Å². The molecule has 2 aromatic carbocycles. The van der Waals surface area contributed by atoms with Crippen LogP contribution in [0.25, 0.3) is 0 Å². The van der Waals surface area contributed by atoms with Crippen LogP contribution in [0.2, 0.25) is 0 Å². The molecule has 1 atom stereocenters. The highest BCUT2D eigenvalue weighted by atomic mass is 16.5. The minimum absolute atomic E-state index is 0.0695. The van der Waals surface area contributed by atoms with Crippen molar-refractivity contribution < 1.29 is 14.6 Å². The minimum atomic E-state index is -1.54. The van der Waals surface area contributed by atoms with Gasteiger partial charge in [0.15, 0.2) is 5.60 Å². The smallest absolute Gasteiger partial charge is 0.343 e. The minimum Gasteiger partial charge on any atom is -0.461 e. The van der Waals surface area contributed by atoms with Gasteiger partial charge in [0.25, 0.3) is 0 Å². The third-order valence-electron chi connectivity index (χ3n) is 6.05. The van der Waals surface area contributed by atoms with E-state index in [-0.39, 0.29) is 12.5 Å². The van der Waals surface area contributed by atoms with Crippen molar-refractivity contribution in [3.63, 3.8) is 0 Å². The molecule has 1 heterocycles. The van der Waals surface area contributed by atoms with E-state index in [0.717, 1.165) is 38.6 Å². The van der Waals surface area contributed by atoms with Crippen LogP contribution < -0.4 is 4.90 Å². The van der Waals surface area contributed by atoms with Crippen molar-refractivity contribution in [2.75, 3.05) is 24.6 Å². The zero-order valence-corrected chi connectivity index (χ0v) is 15.6. The summed E-state index contributed by atoms with van der Waals surface area (Å²) in [7, 11) is 0. The van der Waals surface area contributed by atoms with Crippen LogP contribution in [0.4, 0.5) is 5.69 Å². The van der Waals surface area contributed by atoms with Crippen LogP contribution in [0, 0.1) is 5.92 Å². The molecule has 0 amide bonds. The van der Waals surface area contributed by atoms with Gasteiger partial charge in [0.1, 0.15) is 6.61 Å². The fourth-order valence-corrected chi connectivity index (χ4v) is 4.55. The Labute approximate surface area is 160 Å². The molecule has 4 heteroatoms. The Morgan fingerprint density at radius 3 is 2.56 bits per heavy atom. The Morgan fingerprint density at radius 1 is 1.07 bits per heavy atom. The summed E-state index contributed by atoms with van der Waals surface area (Å²) >= 11 is 0. The number of carbonyl (C=O) groups is 1. The van der Waals surface area contributed by atoms with Crippen LogP contribution in [0.1, 0.15) is 36.8 Å². The van der Waals surface area contributed by atoms with E-state index < -0.39 is 11.6 Å². The van der Waals surface area contributed by atoms with Gasteiger partial charge < -0.3 is 14.7 Å². The van der Waals surface area contributed by atoms with Crippen molar-refractivity contribution in [3.8, 4) is 0 Å². The molecule has 1 aliphatic heterocycles. The first-order valence-corrected chi connectivity index (χ1v) is 9.97. The lowest BCUT2D eigenvalue weighted by Gasteiger charge is -2.32. The Balaban J connectivity index is 1.44. The fourth-order valence-electron chi connectivity index (χ4n) is 4.55. The first-order chi connectivity index (χ1) is 13.2. The first-order valence-electron chi connectivity index (χ1n) is 9.97. The fraction of sp³-hybridized carbons (Fsp3) is 0.435. The van der Waals surface area contributed by atoms with Crippen molar-refractivity contribution in [1.82, 2.24) is 0 Å². The second kappa shape index (κ2) is 7.73. The predicted octanol–water partition coefficient (Wildman–Crippen LogP) is 3.67. The van der Waals surface area contributed by atoms with Crippen molar-refractivity contribution in [3.05, 3.63) is 65.7 Å². The molecular weight excluding hydrogens is 338 g/mol. The second-order valence-corrected chi connectivity index (χ2v) is 7.62. The van der Waals surface area contributed by atoms with E-state index >= 15 is 0 Å². The average Bonchev–Trinajstić information content (AvgIpc) is 3.39. The van der Waals surface area contributed by atoms with Gasteiger partial charge in [-0.3, -0.25) is 0 Å². The molecule has 1 N–H and O–H groups in total. The number of anilines is 1. The number of hydrogen-bond donors (Lipinski definition) is 1. The van der Waals surface area contributed by atoms with Gasteiger partial charge in [-0.1, -0.05) is 61.4 Å². The van der Waals surface area contributed by atoms with E-state index in [1.54, 1.807) is 0 Å². The van der Waals surface area contributed by atoms with E-state index in [1.165, 1.54) is 11.3 Å². The number of carbonyl (C=O) groups excluding carboxylic acids is 1. The zero-order chi connectivity index (χ0) is 18.7. The Kier molecular flexibility index (Phi) is 5.17. The molecule has 1 fully saturated rings. The third kappa shape index (κ3) is 3.46. The summed E-state index contributed by atoms with van der Waals surface area (Å²) in [6.07, 6.45) is 4.86. The van der Waals surface area contributed by atoms with E-state index in [2.05, 4.69) is 23.1 Å². The maximum atomic E-state index is 13.0. The molecule has 1 unspecified atom stereocenters. The predicted molar refractivity (Wildman–Crippen MR) is 106 cm³/mol. The Morgan fingerprint density at radius 2 is 1.78 bits per heavy atom. The third-order valence-corrected chi connectivity index (χ3v) is 6.05. The quantitative estimate of drug-likeness (QED) is 0.794. The number of ether oxygens (including phenoxy) is 1. The van der Waals surface area contributed by atoms with Gasteiger partial charge in [0.05, 0.1) is 6.54 Å². The Bertz CT molecular complexity index is 785. The summed E-state index contributed by atoms with van der Waals surface area (Å²) in [5.74, 6) is -0.576. The van der Waals surface area contributed by atoms with Gasteiger partial charge in [-0.05, 0) is 36.5 Å². The van der Waals surface area contributed by atoms with Gasteiger partial charge in [-0.2, -0.15) is 0 Å². The molecule has 0 saturated heterocycles. The molecule has 0 aromatic heterocycles. The van der Waals surface area contributed by atoms with E-state index in [1.807, 2.05) is 36.4 Å². The highest BCUT2D eigenvalue weighted by molar-refractivity contribution is 5.81. The summed E-state index contributed by atoms with van der Waals surface area (Å²) < 4.78 is 5.62. The normalized spacial score (nSPS) is 18.9. The first kappa shape index (κ1) is 18.1. The molecule has 4 rings (SSSR count). The van der Waals surface area contributed by atoms with Crippen LogP contribution in [0.3, 0.4) is 0 Å². The molecule has 1 saturated carbocycles. The lowest BCUT2D eigenvalue weighted by atomic mass is 9.80. The van der Waals surface area contributed by atoms with Crippen molar-refractivity contribution in [2.24, 2.45) is 5.92 Å². The van der Waals surface area contributed by atoms with Crippen LogP contribution >= 0.6 is 0 Å². The lowest BCUT2D eigenvalue weighted by molar-refractivity contribution is -0.173. The van der Waals surface area contributed by atoms with Gasteiger partial charge in [-0.25, -0.2) is 4.79 Å². The van der Waals surface area contributed by atoms with Gasteiger partial charge >= 0.3 is 5.97 Å². The number of nitrogens with zero attached hydrogens (tertiary/aromatic N) is 1. The summed E-state index contributed by atoms with van der Waals surface area (Å²) in [6, 6.07) is 17.6. The molecule has 1 aliphatic carbocycles. The number of esters is 1. The molecular formula is C23H27NO3. The van der Waals surface area contributed by atoms with E-state index in [0.29, 0.717) is 12.1 Å². The van der Waals surface area contributed by atoms with Gasteiger partial charge in [0, 0.05) is 18.2 Å². The maximum absolute atomic E-state index is 13.0. The molecule has 0 spiro atoms. The number of para-hydroxylation sites is 1. The summed E-state index contributed by atoms with van der Waals surface area (Å²) in [5.41, 5.74) is 1.67. The highest BCUT2D eigenvalue weighted by Crippen LogP contribution is 2.41. The molecule has 0 radical (unpaired) electrons. The zero-order valence-electron chi connectivity index (χ0n) is 15.6. The average molecular weight is 365 g/mol. The standard InChI is InChI=1S/C23H27NO3/c25-22(27-17-16-24-15-14-18-8-4-7-13-21(18)24)23(26,20-11-5-6-12-20)19-9-2-1-3-10-19/h1-4,7-10,13,20,26H,5-6,11-12,14-17H2.